The number of rotatable bonds is 4. The van der Waals surface area contributed by atoms with Gasteiger partial charge in [0, 0.05) is 5.39 Å². The Labute approximate surface area is 165 Å². The lowest BCUT2D eigenvalue weighted by Gasteiger charge is -2.02. The Morgan fingerprint density at radius 1 is 1.32 bits per heavy atom. The number of terminal acetylenes is 1. The molecule has 4 aromatic rings. The Balaban J connectivity index is 1.82. The normalized spacial score (nSPS) is 11.8. The number of carbonyl (C=O) groups is 1. The van der Waals surface area contributed by atoms with Gasteiger partial charge >= 0.3 is 5.91 Å². The molecule has 1 amide bonds. The molecule has 2 aromatic carbocycles. The van der Waals surface area contributed by atoms with Crippen LogP contribution in [0.15, 0.2) is 51.9 Å². The second kappa shape index (κ2) is 7.37. The van der Waals surface area contributed by atoms with Gasteiger partial charge in [-0.3, -0.25) is 4.79 Å². The van der Waals surface area contributed by atoms with Crippen molar-refractivity contribution in [3.63, 3.8) is 0 Å². The summed E-state index contributed by atoms with van der Waals surface area (Å²) >= 11 is 1.43. The second-order valence-corrected chi connectivity index (χ2v) is 7.29. The summed E-state index contributed by atoms with van der Waals surface area (Å²) in [5.74, 6) is 2.96. The first-order valence-corrected chi connectivity index (χ1v) is 9.70. The molecule has 5 nitrogen and oxygen atoms in total. The summed E-state index contributed by atoms with van der Waals surface area (Å²) in [7, 11) is 0. The number of hydrogen-bond donors (Lipinski definition) is 0. The number of hydrogen-bond acceptors (Lipinski definition) is 4. The van der Waals surface area contributed by atoms with Gasteiger partial charge in [-0.15, -0.1) is 6.42 Å². The molecule has 0 bridgehead atoms. The Hall–Kier alpha value is -3.30. The maximum absolute atomic E-state index is 12.8. The van der Waals surface area contributed by atoms with Crippen LogP contribution in [-0.2, 0) is 6.54 Å². The van der Waals surface area contributed by atoms with E-state index >= 15 is 0 Å². The highest BCUT2D eigenvalue weighted by Crippen LogP contribution is 2.29. The SMILES string of the molecule is C#CCn1c(=NC(=O)c2cc3cccc(OCC)c3o2)sc2cc(C)ccc21. The van der Waals surface area contributed by atoms with Gasteiger partial charge in [-0.25, -0.2) is 0 Å². The van der Waals surface area contributed by atoms with Crippen LogP contribution in [0.2, 0.25) is 0 Å². The van der Waals surface area contributed by atoms with Crippen LogP contribution in [-0.4, -0.2) is 17.1 Å². The van der Waals surface area contributed by atoms with Crippen molar-refractivity contribution in [1.82, 2.24) is 4.57 Å². The van der Waals surface area contributed by atoms with E-state index in [0.29, 0.717) is 29.3 Å². The first-order valence-electron chi connectivity index (χ1n) is 8.88. The fraction of sp³-hybridized carbons (Fsp3) is 0.182. The van der Waals surface area contributed by atoms with Gasteiger partial charge in [0.15, 0.2) is 21.9 Å². The second-order valence-electron chi connectivity index (χ2n) is 6.28. The number of ether oxygens (including phenoxy) is 1. The smallest absolute Gasteiger partial charge is 0.315 e. The lowest BCUT2D eigenvalue weighted by Crippen LogP contribution is -2.16. The molecule has 0 spiro atoms. The molecule has 0 fully saturated rings. The highest BCUT2D eigenvalue weighted by atomic mass is 32.1. The highest BCUT2D eigenvalue weighted by Gasteiger charge is 2.15. The molecule has 0 aliphatic carbocycles. The Bertz CT molecular complexity index is 1300. The monoisotopic (exact) mass is 390 g/mol. The summed E-state index contributed by atoms with van der Waals surface area (Å²) < 4.78 is 14.2. The number of amides is 1. The molecular formula is C22H18N2O3S. The first-order chi connectivity index (χ1) is 13.6. The van der Waals surface area contributed by atoms with Crippen LogP contribution in [0.5, 0.6) is 5.75 Å². The van der Waals surface area contributed by atoms with E-state index in [9.17, 15) is 4.79 Å². The molecule has 2 aromatic heterocycles. The summed E-state index contributed by atoms with van der Waals surface area (Å²) in [6, 6.07) is 13.3. The number of benzene rings is 2. The van der Waals surface area contributed by atoms with Gasteiger partial charge in [0.2, 0.25) is 0 Å². The van der Waals surface area contributed by atoms with Crippen LogP contribution in [0.3, 0.4) is 0 Å². The fourth-order valence-electron chi connectivity index (χ4n) is 3.06. The molecule has 140 valence electrons. The average Bonchev–Trinajstić information content (AvgIpc) is 3.25. The van der Waals surface area contributed by atoms with Crippen molar-refractivity contribution in [1.29, 1.82) is 0 Å². The lowest BCUT2D eigenvalue weighted by atomic mass is 10.2. The van der Waals surface area contributed by atoms with Crippen LogP contribution in [0.25, 0.3) is 21.2 Å². The molecule has 0 aliphatic heterocycles. The Morgan fingerprint density at radius 3 is 2.96 bits per heavy atom. The van der Waals surface area contributed by atoms with Crippen LogP contribution >= 0.6 is 11.3 Å². The largest absolute Gasteiger partial charge is 0.490 e. The van der Waals surface area contributed by atoms with E-state index in [1.807, 2.05) is 48.7 Å². The van der Waals surface area contributed by atoms with Gasteiger partial charge in [0.1, 0.15) is 0 Å². The van der Waals surface area contributed by atoms with Crippen LogP contribution in [0.4, 0.5) is 0 Å². The van der Waals surface area contributed by atoms with Gasteiger partial charge in [0.25, 0.3) is 0 Å². The van der Waals surface area contributed by atoms with Crippen molar-refractivity contribution < 1.29 is 13.9 Å². The quantitative estimate of drug-likeness (QED) is 0.481. The number of furan rings is 1. The van der Waals surface area contributed by atoms with Crippen molar-refractivity contribution in [3.05, 3.63) is 58.6 Å². The van der Waals surface area contributed by atoms with Crippen LogP contribution in [0, 0.1) is 19.3 Å². The number of fused-ring (bicyclic) bond motifs is 2. The van der Waals surface area contributed by atoms with Crippen molar-refractivity contribution in [2.45, 2.75) is 20.4 Å². The molecule has 6 heteroatoms. The van der Waals surface area contributed by atoms with Gasteiger partial charge in [0.05, 0.1) is 23.4 Å². The topological polar surface area (TPSA) is 56.7 Å². The molecular weight excluding hydrogens is 372 g/mol. The molecule has 0 saturated carbocycles. The number of aryl methyl sites for hydroxylation is 1. The van der Waals surface area contributed by atoms with E-state index in [1.165, 1.54) is 11.3 Å². The number of para-hydroxylation sites is 1. The molecule has 0 aliphatic rings. The summed E-state index contributed by atoms with van der Waals surface area (Å²) in [6.45, 7) is 4.78. The van der Waals surface area contributed by atoms with E-state index in [1.54, 1.807) is 6.07 Å². The first kappa shape index (κ1) is 18.1. The van der Waals surface area contributed by atoms with Crippen molar-refractivity contribution in [2.24, 2.45) is 4.99 Å². The Morgan fingerprint density at radius 2 is 2.18 bits per heavy atom. The highest BCUT2D eigenvalue weighted by molar-refractivity contribution is 7.16. The minimum atomic E-state index is -0.451. The third-order valence-corrected chi connectivity index (χ3v) is 5.34. The van der Waals surface area contributed by atoms with Crippen molar-refractivity contribution >= 4 is 38.4 Å². The number of carbonyl (C=O) groups excluding carboxylic acids is 1. The molecule has 0 saturated heterocycles. The molecule has 4 rings (SSSR count). The van der Waals surface area contributed by atoms with E-state index in [-0.39, 0.29) is 5.76 Å². The van der Waals surface area contributed by atoms with E-state index in [0.717, 1.165) is 21.2 Å². The predicted octanol–water partition coefficient (Wildman–Crippen LogP) is 4.53. The van der Waals surface area contributed by atoms with Gasteiger partial charge in [-0.05, 0) is 43.7 Å². The number of nitrogens with zero attached hydrogens (tertiary/aromatic N) is 2. The lowest BCUT2D eigenvalue weighted by molar-refractivity contribution is 0.0973. The molecule has 0 radical (unpaired) electrons. The van der Waals surface area contributed by atoms with E-state index < -0.39 is 5.91 Å². The summed E-state index contributed by atoms with van der Waals surface area (Å²) in [5.41, 5.74) is 2.65. The third kappa shape index (κ3) is 3.21. The average molecular weight is 390 g/mol. The van der Waals surface area contributed by atoms with Gasteiger partial charge in [-0.2, -0.15) is 4.99 Å². The number of thiazole rings is 1. The maximum atomic E-state index is 12.8. The maximum Gasteiger partial charge on any atom is 0.315 e. The van der Waals surface area contributed by atoms with Crippen molar-refractivity contribution in [2.75, 3.05) is 6.61 Å². The minimum absolute atomic E-state index is 0.169. The molecule has 2 heterocycles. The third-order valence-electron chi connectivity index (χ3n) is 4.30. The predicted molar refractivity (Wildman–Crippen MR) is 111 cm³/mol. The van der Waals surface area contributed by atoms with Gasteiger partial charge < -0.3 is 13.7 Å². The molecule has 0 unspecified atom stereocenters. The van der Waals surface area contributed by atoms with Crippen LogP contribution < -0.4 is 9.54 Å². The molecule has 0 N–H and O–H groups in total. The van der Waals surface area contributed by atoms with Crippen LogP contribution in [0.1, 0.15) is 23.0 Å². The zero-order valence-corrected chi connectivity index (χ0v) is 16.4. The summed E-state index contributed by atoms with van der Waals surface area (Å²) in [5, 5.41) is 0.799. The van der Waals surface area contributed by atoms with E-state index in [4.69, 9.17) is 15.6 Å². The van der Waals surface area contributed by atoms with Gasteiger partial charge in [-0.1, -0.05) is 35.5 Å². The van der Waals surface area contributed by atoms with E-state index in [2.05, 4.69) is 17.0 Å². The summed E-state index contributed by atoms with van der Waals surface area (Å²) in [6.07, 6.45) is 5.52. The molecule has 28 heavy (non-hydrogen) atoms. The zero-order valence-electron chi connectivity index (χ0n) is 15.6. The number of aromatic nitrogens is 1. The van der Waals surface area contributed by atoms with Crippen molar-refractivity contribution in [3.8, 4) is 18.1 Å². The fourth-order valence-corrected chi connectivity index (χ4v) is 4.19. The summed E-state index contributed by atoms with van der Waals surface area (Å²) in [4.78, 5) is 17.6. The minimum Gasteiger partial charge on any atom is -0.490 e. The standard InChI is InChI=1S/C22H18N2O3S/c1-4-11-24-16-10-9-14(3)12-19(16)28-22(24)23-21(25)18-13-15-7-6-8-17(26-5-2)20(15)27-18/h1,6-10,12-13H,5,11H2,2-3H3. The zero-order chi connectivity index (χ0) is 19.7. The Kier molecular flexibility index (Phi) is 4.76. The molecule has 0 atom stereocenters.